The van der Waals surface area contributed by atoms with Crippen molar-refractivity contribution >= 4 is 29.3 Å². The highest BCUT2D eigenvalue weighted by molar-refractivity contribution is 8.02. The van der Waals surface area contributed by atoms with Gasteiger partial charge in [0, 0.05) is 20.9 Å². The van der Waals surface area contributed by atoms with Crippen LogP contribution in [0.25, 0.3) is 0 Å². The minimum atomic E-state index is 0.139. The third-order valence-electron chi connectivity index (χ3n) is 4.26. The van der Waals surface area contributed by atoms with Crippen molar-refractivity contribution in [1.29, 1.82) is 0 Å². The number of ketones is 1. The summed E-state index contributed by atoms with van der Waals surface area (Å²) >= 11 is 3.76. The van der Waals surface area contributed by atoms with E-state index in [0.717, 1.165) is 22.6 Å². The van der Waals surface area contributed by atoms with Crippen LogP contribution in [0.3, 0.4) is 0 Å². The molecule has 0 amide bonds. The normalized spacial score (nSPS) is 10.8. The Labute approximate surface area is 167 Å². The first-order valence-electron chi connectivity index (χ1n) is 9.76. The van der Waals surface area contributed by atoms with Crippen LogP contribution in [0.15, 0.2) is 58.3 Å². The highest BCUT2D eigenvalue weighted by atomic mass is 32.2. The summed E-state index contributed by atoms with van der Waals surface area (Å²) in [6.45, 7) is 4.46. The Balaban J connectivity index is 2.22. The Morgan fingerprint density at radius 3 is 2.08 bits per heavy atom. The number of carbonyl (C=O) groups excluding carboxylic acids is 1. The molecule has 0 fully saturated rings. The van der Waals surface area contributed by atoms with E-state index in [1.165, 1.54) is 48.3 Å². The first kappa shape index (κ1) is 21.1. The minimum Gasteiger partial charge on any atom is -0.289 e. The second-order valence-corrected chi connectivity index (χ2v) is 8.68. The molecular weight excluding hydrogens is 356 g/mol. The summed E-state index contributed by atoms with van der Waals surface area (Å²) < 4.78 is 0. The van der Waals surface area contributed by atoms with Crippen LogP contribution in [0, 0.1) is 0 Å². The molecule has 1 nitrogen and oxygen atoms in total. The molecule has 0 aliphatic heterocycles. The SMILES string of the molecule is CCCCCSc1cccc(C(=O)c2ccccc2)c1SCCCCC. The first-order chi connectivity index (χ1) is 12.8. The van der Waals surface area contributed by atoms with E-state index in [4.69, 9.17) is 0 Å². The van der Waals surface area contributed by atoms with E-state index < -0.39 is 0 Å². The van der Waals surface area contributed by atoms with Crippen LogP contribution >= 0.6 is 23.5 Å². The highest BCUT2D eigenvalue weighted by Gasteiger charge is 2.17. The maximum atomic E-state index is 13.1. The van der Waals surface area contributed by atoms with Crippen LogP contribution in [-0.2, 0) is 0 Å². The van der Waals surface area contributed by atoms with Gasteiger partial charge >= 0.3 is 0 Å². The Morgan fingerprint density at radius 2 is 1.42 bits per heavy atom. The third kappa shape index (κ3) is 6.51. The van der Waals surface area contributed by atoms with Gasteiger partial charge in [-0.05, 0) is 36.5 Å². The quantitative estimate of drug-likeness (QED) is 0.214. The summed E-state index contributed by atoms with van der Waals surface area (Å²) in [7, 11) is 0. The van der Waals surface area contributed by atoms with Crippen molar-refractivity contribution in [3.63, 3.8) is 0 Å². The van der Waals surface area contributed by atoms with Gasteiger partial charge in [-0.2, -0.15) is 0 Å². The fraction of sp³-hybridized carbons (Fsp3) is 0.435. The number of hydrogen-bond donors (Lipinski definition) is 0. The van der Waals surface area contributed by atoms with Gasteiger partial charge in [-0.1, -0.05) is 75.9 Å². The fourth-order valence-corrected chi connectivity index (χ4v) is 5.18. The van der Waals surface area contributed by atoms with Gasteiger partial charge < -0.3 is 0 Å². The monoisotopic (exact) mass is 386 g/mol. The van der Waals surface area contributed by atoms with Crippen LogP contribution in [-0.4, -0.2) is 17.3 Å². The maximum Gasteiger partial charge on any atom is 0.194 e. The van der Waals surface area contributed by atoms with E-state index in [2.05, 4.69) is 19.9 Å². The van der Waals surface area contributed by atoms with Crippen molar-refractivity contribution < 1.29 is 4.79 Å². The Kier molecular flexibility index (Phi) is 9.94. The van der Waals surface area contributed by atoms with E-state index in [-0.39, 0.29) is 5.78 Å². The van der Waals surface area contributed by atoms with Crippen LogP contribution in [0.4, 0.5) is 0 Å². The molecule has 0 aromatic heterocycles. The van der Waals surface area contributed by atoms with E-state index in [1.54, 1.807) is 0 Å². The lowest BCUT2D eigenvalue weighted by molar-refractivity contribution is 0.103. The maximum absolute atomic E-state index is 13.1. The molecule has 0 saturated carbocycles. The molecule has 0 unspecified atom stereocenters. The number of hydrogen-bond acceptors (Lipinski definition) is 3. The molecule has 2 aromatic rings. The molecule has 0 heterocycles. The number of benzene rings is 2. The fourth-order valence-electron chi connectivity index (χ4n) is 2.76. The summed E-state index contributed by atoms with van der Waals surface area (Å²) in [4.78, 5) is 15.5. The third-order valence-corrected chi connectivity index (χ3v) is 6.75. The van der Waals surface area contributed by atoms with Crippen LogP contribution in [0.1, 0.15) is 68.3 Å². The van der Waals surface area contributed by atoms with E-state index in [9.17, 15) is 4.79 Å². The van der Waals surface area contributed by atoms with Crippen molar-refractivity contribution in [3.8, 4) is 0 Å². The Bertz CT molecular complexity index is 667. The zero-order chi connectivity index (χ0) is 18.6. The van der Waals surface area contributed by atoms with Gasteiger partial charge in [0.05, 0.1) is 0 Å². The molecular formula is C23H30OS2. The number of carbonyl (C=O) groups is 1. The predicted molar refractivity (Wildman–Crippen MR) is 117 cm³/mol. The lowest BCUT2D eigenvalue weighted by atomic mass is 10.0. The molecule has 3 heteroatoms. The van der Waals surface area contributed by atoms with Crippen molar-refractivity contribution in [2.24, 2.45) is 0 Å². The second kappa shape index (κ2) is 12.2. The molecule has 0 spiro atoms. The molecule has 0 radical (unpaired) electrons. The Hall–Kier alpha value is -1.19. The summed E-state index contributed by atoms with van der Waals surface area (Å²) in [6.07, 6.45) is 7.43. The highest BCUT2D eigenvalue weighted by Crippen LogP contribution is 2.36. The molecule has 0 atom stereocenters. The topological polar surface area (TPSA) is 17.1 Å². The lowest BCUT2D eigenvalue weighted by Crippen LogP contribution is -2.04. The zero-order valence-electron chi connectivity index (χ0n) is 16.0. The van der Waals surface area contributed by atoms with Crippen LogP contribution in [0.2, 0.25) is 0 Å². The molecule has 26 heavy (non-hydrogen) atoms. The van der Waals surface area contributed by atoms with E-state index in [0.29, 0.717) is 0 Å². The van der Waals surface area contributed by atoms with Gasteiger partial charge in [-0.3, -0.25) is 4.79 Å². The zero-order valence-corrected chi connectivity index (χ0v) is 17.6. The van der Waals surface area contributed by atoms with Gasteiger partial charge in [0.25, 0.3) is 0 Å². The minimum absolute atomic E-state index is 0.139. The second-order valence-electron chi connectivity index (χ2n) is 6.44. The molecule has 0 bridgehead atoms. The van der Waals surface area contributed by atoms with Gasteiger partial charge in [0.15, 0.2) is 5.78 Å². The molecule has 2 rings (SSSR count). The lowest BCUT2D eigenvalue weighted by Gasteiger charge is -2.14. The predicted octanol–water partition coefficient (Wildman–Crippen LogP) is 7.48. The largest absolute Gasteiger partial charge is 0.289 e. The molecule has 0 aliphatic carbocycles. The summed E-state index contributed by atoms with van der Waals surface area (Å²) in [6, 6.07) is 15.9. The Morgan fingerprint density at radius 1 is 0.769 bits per heavy atom. The average Bonchev–Trinajstić information content (AvgIpc) is 2.69. The van der Waals surface area contributed by atoms with Crippen LogP contribution < -0.4 is 0 Å². The van der Waals surface area contributed by atoms with Crippen molar-refractivity contribution in [3.05, 3.63) is 59.7 Å². The van der Waals surface area contributed by atoms with Gasteiger partial charge in [-0.25, -0.2) is 0 Å². The number of unbranched alkanes of at least 4 members (excludes halogenated alkanes) is 4. The summed E-state index contributed by atoms with van der Waals surface area (Å²) in [5.41, 5.74) is 1.63. The summed E-state index contributed by atoms with van der Waals surface area (Å²) in [5.74, 6) is 2.34. The van der Waals surface area contributed by atoms with Crippen LogP contribution in [0.5, 0.6) is 0 Å². The van der Waals surface area contributed by atoms with Gasteiger partial charge in [0.2, 0.25) is 0 Å². The molecule has 2 aromatic carbocycles. The van der Waals surface area contributed by atoms with Crippen molar-refractivity contribution in [2.45, 2.75) is 62.2 Å². The number of thioether (sulfide) groups is 2. The summed E-state index contributed by atoms with van der Waals surface area (Å²) in [5, 5.41) is 0. The molecule has 140 valence electrons. The van der Waals surface area contributed by atoms with Gasteiger partial charge in [0.1, 0.15) is 0 Å². The molecule has 0 N–H and O–H groups in total. The molecule has 0 aliphatic rings. The average molecular weight is 387 g/mol. The first-order valence-corrected chi connectivity index (χ1v) is 11.7. The molecule has 0 saturated heterocycles. The standard InChI is InChI=1S/C23H30OS2/c1-3-5-10-17-25-21-16-12-15-20(23(21)26-18-11-6-4-2)22(24)19-13-8-7-9-14-19/h7-9,12-16H,3-6,10-11,17-18H2,1-2H3. The van der Waals surface area contributed by atoms with E-state index in [1.807, 2.05) is 66.0 Å². The smallest absolute Gasteiger partial charge is 0.194 e. The van der Waals surface area contributed by atoms with Crippen molar-refractivity contribution in [1.82, 2.24) is 0 Å². The van der Waals surface area contributed by atoms with Crippen molar-refractivity contribution in [2.75, 3.05) is 11.5 Å². The van der Waals surface area contributed by atoms with Gasteiger partial charge in [-0.15, -0.1) is 23.5 Å². The number of rotatable bonds is 12. The van der Waals surface area contributed by atoms with E-state index >= 15 is 0 Å².